The van der Waals surface area contributed by atoms with Crippen LogP contribution in [-0.2, 0) is 0 Å². The van der Waals surface area contributed by atoms with Gasteiger partial charge in [-0.2, -0.15) is 0 Å². The highest BCUT2D eigenvalue weighted by atomic mass is 35.5. The molecular weight excluding hydrogens is 314 g/mol. The Bertz CT molecular complexity index is 743. The van der Waals surface area contributed by atoms with Crippen molar-refractivity contribution in [1.82, 2.24) is 9.97 Å². The Labute approximate surface area is 140 Å². The van der Waals surface area contributed by atoms with Gasteiger partial charge in [-0.05, 0) is 43.9 Å². The molecule has 0 unspecified atom stereocenters. The quantitative estimate of drug-likeness (QED) is 0.635. The molecule has 1 aliphatic heterocycles. The Morgan fingerprint density at radius 3 is 2.74 bits per heavy atom. The lowest BCUT2D eigenvalue weighted by Crippen LogP contribution is -2.22. The fraction of sp³-hybridized carbons (Fsp3) is 0.353. The number of rotatable bonds is 3. The molecule has 120 valence electrons. The predicted molar refractivity (Wildman–Crippen MR) is 89.4 cm³/mol. The number of anilines is 1. The molecule has 0 atom stereocenters. The highest BCUT2D eigenvalue weighted by molar-refractivity contribution is 6.33. The summed E-state index contributed by atoms with van der Waals surface area (Å²) < 4.78 is 5.48. The molecule has 5 nitrogen and oxygen atoms in total. The average molecular weight is 332 g/mol. The minimum absolute atomic E-state index is 0.101. The molecule has 0 bridgehead atoms. The Kier molecular flexibility index (Phi) is 4.48. The maximum Gasteiger partial charge on any atom is 0.364 e. The van der Waals surface area contributed by atoms with E-state index in [-0.39, 0.29) is 10.7 Å². The number of esters is 1. The van der Waals surface area contributed by atoms with Gasteiger partial charge in [0.2, 0.25) is 5.95 Å². The van der Waals surface area contributed by atoms with Crippen molar-refractivity contribution in [2.45, 2.75) is 26.7 Å². The zero-order chi connectivity index (χ0) is 16.4. The molecule has 0 N–H and O–H groups in total. The summed E-state index contributed by atoms with van der Waals surface area (Å²) in [4.78, 5) is 23.0. The van der Waals surface area contributed by atoms with Gasteiger partial charge < -0.3 is 9.64 Å². The molecule has 2 heterocycles. The van der Waals surface area contributed by atoms with Crippen LogP contribution in [0.5, 0.6) is 5.75 Å². The maximum absolute atomic E-state index is 12.5. The first-order chi connectivity index (χ1) is 11.1. The average Bonchev–Trinajstić information content (AvgIpc) is 3.06. The maximum atomic E-state index is 12.5. The lowest BCUT2D eigenvalue weighted by Gasteiger charge is -2.16. The van der Waals surface area contributed by atoms with E-state index < -0.39 is 5.97 Å². The van der Waals surface area contributed by atoms with Gasteiger partial charge >= 0.3 is 5.97 Å². The van der Waals surface area contributed by atoms with Crippen molar-refractivity contribution in [2.24, 2.45) is 0 Å². The predicted octanol–water partition coefficient (Wildman–Crippen LogP) is 3.57. The van der Waals surface area contributed by atoms with E-state index in [1.807, 2.05) is 30.9 Å². The Balaban J connectivity index is 1.86. The summed E-state index contributed by atoms with van der Waals surface area (Å²) in [5, 5.41) is 0.197. The first-order valence-electron chi connectivity index (χ1n) is 7.62. The SMILES string of the molecule is Cc1cccc(OC(=O)c2nc(N3CCCC3)ncc2Cl)c1C. The molecule has 0 aliphatic carbocycles. The summed E-state index contributed by atoms with van der Waals surface area (Å²) in [5.74, 6) is 0.485. The van der Waals surface area contributed by atoms with Gasteiger partial charge in [-0.25, -0.2) is 14.8 Å². The number of aryl methyl sites for hydroxylation is 1. The number of ether oxygens (including phenoxy) is 1. The van der Waals surface area contributed by atoms with Crippen LogP contribution >= 0.6 is 11.6 Å². The third kappa shape index (κ3) is 3.29. The fourth-order valence-corrected chi connectivity index (χ4v) is 2.72. The number of carbonyl (C=O) groups is 1. The molecule has 1 aromatic carbocycles. The number of hydrogen-bond acceptors (Lipinski definition) is 5. The van der Waals surface area contributed by atoms with Crippen molar-refractivity contribution in [2.75, 3.05) is 18.0 Å². The second kappa shape index (κ2) is 6.54. The number of carbonyl (C=O) groups excluding carboxylic acids is 1. The standard InChI is InChI=1S/C17H18ClN3O2/c1-11-6-5-7-14(12(11)2)23-16(22)15-13(18)10-19-17(20-15)21-8-3-4-9-21/h5-7,10H,3-4,8-9H2,1-2H3. The highest BCUT2D eigenvalue weighted by Gasteiger charge is 2.21. The molecule has 0 saturated carbocycles. The largest absolute Gasteiger partial charge is 0.421 e. The second-order valence-corrected chi connectivity index (χ2v) is 6.06. The van der Waals surface area contributed by atoms with Gasteiger partial charge in [-0.3, -0.25) is 0 Å². The minimum Gasteiger partial charge on any atom is -0.421 e. The zero-order valence-corrected chi connectivity index (χ0v) is 13.9. The summed E-state index contributed by atoms with van der Waals surface area (Å²) in [5.41, 5.74) is 2.08. The van der Waals surface area contributed by atoms with Crippen LogP contribution < -0.4 is 9.64 Å². The highest BCUT2D eigenvalue weighted by Crippen LogP contribution is 2.24. The lowest BCUT2D eigenvalue weighted by atomic mass is 10.1. The van der Waals surface area contributed by atoms with Gasteiger partial charge in [-0.15, -0.1) is 0 Å². The van der Waals surface area contributed by atoms with E-state index in [4.69, 9.17) is 16.3 Å². The van der Waals surface area contributed by atoms with Crippen LogP contribution in [0, 0.1) is 13.8 Å². The summed E-state index contributed by atoms with van der Waals surface area (Å²) in [7, 11) is 0. The van der Waals surface area contributed by atoms with E-state index in [1.54, 1.807) is 6.07 Å². The van der Waals surface area contributed by atoms with Gasteiger partial charge in [-0.1, -0.05) is 23.7 Å². The van der Waals surface area contributed by atoms with Gasteiger partial charge in [0.05, 0.1) is 11.2 Å². The molecule has 0 amide bonds. The van der Waals surface area contributed by atoms with Gasteiger partial charge in [0.15, 0.2) is 5.69 Å². The molecule has 1 saturated heterocycles. The lowest BCUT2D eigenvalue weighted by molar-refractivity contribution is 0.0727. The van der Waals surface area contributed by atoms with Crippen molar-refractivity contribution in [3.63, 3.8) is 0 Å². The summed E-state index contributed by atoms with van der Waals surface area (Å²) in [6, 6.07) is 5.58. The molecule has 6 heteroatoms. The smallest absolute Gasteiger partial charge is 0.364 e. The van der Waals surface area contributed by atoms with E-state index in [0.717, 1.165) is 37.1 Å². The molecule has 1 fully saturated rings. The van der Waals surface area contributed by atoms with Gasteiger partial charge in [0.1, 0.15) is 5.75 Å². The van der Waals surface area contributed by atoms with E-state index in [9.17, 15) is 4.79 Å². The monoisotopic (exact) mass is 331 g/mol. The molecule has 1 aliphatic rings. The van der Waals surface area contributed by atoms with Crippen LogP contribution in [0.4, 0.5) is 5.95 Å². The third-order valence-electron chi connectivity index (χ3n) is 4.07. The number of halogens is 1. The van der Waals surface area contributed by atoms with E-state index >= 15 is 0 Å². The van der Waals surface area contributed by atoms with Crippen LogP contribution in [0.25, 0.3) is 0 Å². The van der Waals surface area contributed by atoms with Gasteiger partial charge in [0, 0.05) is 13.1 Å². The first-order valence-corrected chi connectivity index (χ1v) is 8.00. The number of aromatic nitrogens is 2. The Hall–Kier alpha value is -2.14. The van der Waals surface area contributed by atoms with Crippen molar-refractivity contribution in [3.05, 3.63) is 46.2 Å². The van der Waals surface area contributed by atoms with E-state index in [2.05, 4.69) is 9.97 Å². The van der Waals surface area contributed by atoms with Crippen LogP contribution in [0.3, 0.4) is 0 Å². The topological polar surface area (TPSA) is 55.3 Å². The van der Waals surface area contributed by atoms with Crippen LogP contribution in [0.1, 0.15) is 34.5 Å². The zero-order valence-electron chi connectivity index (χ0n) is 13.2. The number of hydrogen-bond donors (Lipinski definition) is 0. The van der Waals surface area contributed by atoms with Crippen molar-refractivity contribution < 1.29 is 9.53 Å². The van der Waals surface area contributed by atoms with Crippen LogP contribution in [0.15, 0.2) is 24.4 Å². The summed E-state index contributed by atoms with van der Waals surface area (Å²) in [6.07, 6.45) is 3.67. The molecule has 2 aromatic rings. The molecule has 23 heavy (non-hydrogen) atoms. The molecular formula is C17H18ClN3O2. The summed E-state index contributed by atoms with van der Waals surface area (Å²) in [6.45, 7) is 5.67. The number of nitrogens with zero attached hydrogens (tertiary/aromatic N) is 3. The molecule has 1 aromatic heterocycles. The van der Waals surface area contributed by atoms with E-state index in [0.29, 0.717) is 11.7 Å². The Morgan fingerprint density at radius 2 is 2.00 bits per heavy atom. The van der Waals surface area contributed by atoms with Crippen molar-refractivity contribution in [1.29, 1.82) is 0 Å². The van der Waals surface area contributed by atoms with Crippen LogP contribution in [0.2, 0.25) is 5.02 Å². The summed E-state index contributed by atoms with van der Waals surface area (Å²) >= 11 is 6.09. The normalized spacial score (nSPS) is 14.1. The first kappa shape index (κ1) is 15.7. The van der Waals surface area contributed by atoms with Crippen molar-refractivity contribution in [3.8, 4) is 5.75 Å². The van der Waals surface area contributed by atoms with Gasteiger partial charge in [0.25, 0.3) is 0 Å². The number of benzene rings is 1. The molecule has 0 radical (unpaired) electrons. The Morgan fingerprint density at radius 1 is 1.26 bits per heavy atom. The second-order valence-electron chi connectivity index (χ2n) is 5.65. The van der Waals surface area contributed by atoms with Crippen LogP contribution in [-0.4, -0.2) is 29.0 Å². The van der Waals surface area contributed by atoms with E-state index in [1.165, 1.54) is 6.20 Å². The molecule has 3 rings (SSSR count). The fourth-order valence-electron chi connectivity index (χ4n) is 2.55. The molecule has 0 spiro atoms. The third-order valence-corrected chi connectivity index (χ3v) is 4.35. The minimum atomic E-state index is -0.563. The van der Waals surface area contributed by atoms with Crippen molar-refractivity contribution >= 4 is 23.5 Å².